The number of unbranched alkanes of at least 4 members (excludes halogenated alkanes) is 4. The van der Waals surface area contributed by atoms with Gasteiger partial charge in [0.05, 0.1) is 12.6 Å². The van der Waals surface area contributed by atoms with E-state index >= 15 is 0 Å². The van der Waals surface area contributed by atoms with Gasteiger partial charge in [0.2, 0.25) is 17.7 Å². The van der Waals surface area contributed by atoms with Crippen molar-refractivity contribution in [2.24, 2.45) is 5.73 Å². The Morgan fingerprint density at radius 2 is 1.27 bits per heavy atom. The molecule has 3 amide bonds. The summed E-state index contributed by atoms with van der Waals surface area (Å²) in [4.78, 5) is 95.2. The number of hydrogen-bond donors (Lipinski definition) is 7. The molecule has 48 heavy (non-hydrogen) atoms. The molecule has 0 aliphatic carbocycles. The second-order valence-corrected chi connectivity index (χ2v) is 12.0. The molecule has 0 aromatic rings. The molecule has 0 aromatic heterocycles. The van der Waals surface area contributed by atoms with E-state index in [1.54, 1.807) is 0 Å². The fraction of sp³-hybridized carbons (Fsp3) is 0.733. The Hall–Kier alpha value is -3.93. The molecule has 0 unspecified atom stereocenters. The number of ether oxygens (including phenoxy) is 2. The zero-order valence-electron chi connectivity index (χ0n) is 27.5. The Labute approximate surface area is 283 Å². The van der Waals surface area contributed by atoms with Crippen LogP contribution in [0.3, 0.4) is 0 Å². The number of carboxylic acid groups (broad SMARTS) is 3. The van der Waals surface area contributed by atoms with Crippen molar-refractivity contribution in [2.45, 2.75) is 115 Å². The van der Waals surface area contributed by atoms with Gasteiger partial charge in [0.15, 0.2) is 0 Å². The van der Waals surface area contributed by atoms with Crippen LogP contribution in [0.1, 0.15) is 90.9 Å². The lowest BCUT2D eigenvalue weighted by atomic mass is 10.1. The molecule has 0 radical (unpaired) electrons. The van der Waals surface area contributed by atoms with E-state index in [4.69, 9.17) is 25.4 Å². The lowest BCUT2D eigenvalue weighted by Crippen LogP contribution is -2.54. The first-order valence-electron chi connectivity index (χ1n) is 15.9. The summed E-state index contributed by atoms with van der Waals surface area (Å²) in [6.07, 6.45) is 2.65. The average molecular weight is 707 g/mol. The first kappa shape index (κ1) is 44.1. The third-order valence-electron chi connectivity index (χ3n) is 6.62. The van der Waals surface area contributed by atoms with Gasteiger partial charge in [-0.15, -0.1) is 0 Å². The quantitative estimate of drug-likeness (QED) is 0.0432. The summed E-state index contributed by atoms with van der Waals surface area (Å²) in [7, 11) is 0. The summed E-state index contributed by atoms with van der Waals surface area (Å²) in [5, 5.41) is 33.7. The van der Waals surface area contributed by atoms with Crippen LogP contribution in [0, 0.1) is 0 Å². The predicted octanol–water partition coefficient (Wildman–Crippen LogP) is 0.563. The molecule has 18 heteroatoms. The summed E-state index contributed by atoms with van der Waals surface area (Å²) in [5.41, 5.74) is 5.94. The molecular weight excluding hydrogens is 656 g/mol. The second-order valence-electron chi connectivity index (χ2n) is 11.0. The minimum Gasteiger partial charge on any atom is -0.481 e. The monoisotopic (exact) mass is 706 g/mol. The zero-order chi connectivity index (χ0) is 36.5. The van der Waals surface area contributed by atoms with Crippen LogP contribution in [0.15, 0.2) is 0 Å². The number of thioether (sulfide) groups is 1. The summed E-state index contributed by atoms with van der Waals surface area (Å²) in [6, 6.07) is -4.21. The molecule has 0 bridgehead atoms. The van der Waals surface area contributed by atoms with Crippen LogP contribution < -0.4 is 21.7 Å². The molecule has 0 aromatic carbocycles. The Bertz CT molecular complexity index is 1080. The van der Waals surface area contributed by atoms with Crippen molar-refractivity contribution < 1.29 is 63.1 Å². The molecule has 274 valence electrons. The van der Waals surface area contributed by atoms with Gasteiger partial charge in [-0.3, -0.25) is 33.6 Å². The van der Waals surface area contributed by atoms with Crippen LogP contribution in [0.25, 0.3) is 0 Å². The highest BCUT2D eigenvalue weighted by Crippen LogP contribution is 2.12. The summed E-state index contributed by atoms with van der Waals surface area (Å²) in [6.45, 7) is 3.21. The van der Waals surface area contributed by atoms with Gasteiger partial charge in [-0.25, -0.2) is 4.79 Å². The topological polar surface area (TPSA) is 278 Å². The predicted molar refractivity (Wildman–Crippen MR) is 173 cm³/mol. The first-order chi connectivity index (χ1) is 22.7. The molecule has 17 nitrogen and oxygen atoms in total. The maximum Gasteiger partial charge on any atom is 0.326 e. The standard InChI is InChI=1S/C30H50N4O13S/c1-3-5-7-9-26(40)46-16-19(47-27(41)10-8-6-4-2)17-48-18-20(31)28(42)32-15-23(35)33-21(11-13-24(36)37)29(43)34-22(30(44)45)12-14-25(38)39/h19-22H,3-18,31H2,1-2H3,(H,32,42)(H,33,35)(H,34,43)(H,36,37)(H,38,39)(H,44,45)/t19-,20+,21+,22+/m1/s1. The second kappa shape index (κ2) is 26.1. The Kier molecular flexibility index (Phi) is 23.9. The highest BCUT2D eigenvalue weighted by atomic mass is 32.2. The van der Waals surface area contributed by atoms with E-state index < -0.39 is 104 Å². The van der Waals surface area contributed by atoms with Crippen molar-refractivity contribution >= 4 is 59.3 Å². The SMILES string of the molecule is CCCCCC(=O)OC[C@H](CSC[C@H](N)C(=O)NCC(=O)N[C@@H](CCC(=O)O)C(=O)N[C@@H](CCC(=O)O)C(=O)O)OC(=O)CCCCC. The maximum atomic E-state index is 12.6. The van der Waals surface area contributed by atoms with Crippen LogP contribution in [-0.2, 0) is 47.8 Å². The van der Waals surface area contributed by atoms with Gasteiger partial charge in [0, 0.05) is 37.2 Å². The van der Waals surface area contributed by atoms with E-state index in [1.165, 1.54) is 0 Å². The minimum atomic E-state index is -1.60. The minimum absolute atomic E-state index is 0.0400. The summed E-state index contributed by atoms with van der Waals surface area (Å²) in [5.74, 6) is -7.42. The first-order valence-corrected chi connectivity index (χ1v) is 17.1. The third-order valence-corrected chi connectivity index (χ3v) is 7.82. The van der Waals surface area contributed by atoms with Gasteiger partial charge in [-0.2, -0.15) is 11.8 Å². The number of aliphatic carboxylic acids is 3. The lowest BCUT2D eigenvalue weighted by molar-refractivity contribution is -0.157. The highest BCUT2D eigenvalue weighted by molar-refractivity contribution is 7.99. The van der Waals surface area contributed by atoms with E-state index in [0.717, 1.165) is 37.4 Å². The van der Waals surface area contributed by atoms with E-state index in [1.807, 2.05) is 13.8 Å². The summed E-state index contributed by atoms with van der Waals surface area (Å²) >= 11 is 1.16. The maximum absolute atomic E-state index is 12.6. The van der Waals surface area contributed by atoms with Crippen LogP contribution >= 0.6 is 11.8 Å². The molecule has 0 rings (SSSR count). The molecule has 0 saturated heterocycles. The molecular formula is C30H50N4O13S. The van der Waals surface area contributed by atoms with Gasteiger partial charge in [-0.05, 0) is 25.7 Å². The van der Waals surface area contributed by atoms with Gasteiger partial charge in [0.25, 0.3) is 0 Å². The number of carboxylic acids is 3. The fourth-order valence-corrected chi connectivity index (χ4v) is 4.91. The number of carbonyl (C=O) groups excluding carboxylic acids is 5. The van der Waals surface area contributed by atoms with Crippen molar-refractivity contribution in [2.75, 3.05) is 24.7 Å². The molecule has 0 fully saturated rings. The average Bonchev–Trinajstić information content (AvgIpc) is 3.02. The van der Waals surface area contributed by atoms with Crippen LogP contribution in [0.4, 0.5) is 0 Å². The molecule has 0 aliphatic heterocycles. The van der Waals surface area contributed by atoms with E-state index in [9.17, 15) is 43.5 Å². The van der Waals surface area contributed by atoms with Crippen molar-refractivity contribution in [1.82, 2.24) is 16.0 Å². The number of hydrogen-bond acceptors (Lipinski definition) is 12. The van der Waals surface area contributed by atoms with Gasteiger partial charge in [0.1, 0.15) is 24.8 Å². The fourth-order valence-electron chi connectivity index (χ4n) is 3.94. The van der Waals surface area contributed by atoms with Crippen LogP contribution in [0.2, 0.25) is 0 Å². The third kappa shape index (κ3) is 22.6. The van der Waals surface area contributed by atoms with Crippen molar-refractivity contribution in [3.05, 3.63) is 0 Å². The van der Waals surface area contributed by atoms with Crippen molar-refractivity contribution in [1.29, 1.82) is 0 Å². The number of nitrogens with two attached hydrogens (primary N) is 1. The molecule has 0 aliphatic rings. The number of esters is 2. The largest absolute Gasteiger partial charge is 0.481 e. The summed E-state index contributed by atoms with van der Waals surface area (Å²) < 4.78 is 10.8. The van der Waals surface area contributed by atoms with Crippen LogP contribution in [0.5, 0.6) is 0 Å². The van der Waals surface area contributed by atoms with Gasteiger partial charge in [-0.1, -0.05) is 39.5 Å². The zero-order valence-corrected chi connectivity index (χ0v) is 28.3. The number of rotatable bonds is 28. The molecule has 4 atom stereocenters. The smallest absolute Gasteiger partial charge is 0.326 e. The molecule has 0 heterocycles. The Balaban J connectivity index is 5.03. The van der Waals surface area contributed by atoms with E-state index in [-0.39, 0.29) is 31.0 Å². The highest BCUT2D eigenvalue weighted by Gasteiger charge is 2.28. The lowest BCUT2D eigenvalue weighted by Gasteiger charge is -2.21. The number of carbonyl (C=O) groups is 8. The molecule has 0 saturated carbocycles. The van der Waals surface area contributed by atoms with Crippen LogP contribution in [-0.4, -0.2) is 112 Å². The number of amides is 3. The normalized spacial score (nSPS) is 13.2. The van der Waals surface area contributed by atoms with E-state index in [2.05, 4.69) is 16.0 Å². The number of nitrogens with one attached hydrogen (secondary N) is 3. The van der Waals surface area contributed by atoms with Crippen molar-refractivity contribution in [3.63, 3.8) is 0 Å². The van der Waals surface area contributed by atoms with Gasteiger partial charge < -0.3 is 46.5 Å². The van der Waals surface area contributed by atoms with Crippen molar-refractivity contribution in [3.8, 4) is 0 Å². The molecule has 0 spiro atoms. The van der Waals surface area contributed by atoms with E-state index in [0.29, 0.717) is 12.8 Å². The Morgan fingerprint density at radius 1 is 0.708 bits per heavy atom. The Morgan fingerprint density at radius 3 is 1.81 bits per heavy atom. The molecule has 8 N–H and O–H groups in total. The van der Waals surface area contributed by atoms with Gasteiger partial charge >= 0.3 is 29.8 Å².